The first-order chi connectivity index (χ1) is 8.50. The highest BCUT2D eigenvalue weighted by molar-refractivity contribution is 6.31. The van der Waals surface area contributed by atoms with Gasteiger partial charge in [0, 0.05) is 17.2 Å². The molecule has 2 aromatic rings. The Balaban J connectivity index is 2.56. The van der Waals surface area contributed by atoms with Gasteiger partial charge >= 0.3 is 5.97 Å². The molecule has 0 unspecified atom stereocenters. The van der Waals surface area contributed by atoms with Crippen LogP contribution in [0.15, 0.2) is 28.8 Å². The standard InChI is InChI=1S/C11H6ClF2NO3/c12-6-3-1-2-5(9(6)10(13)14)7-4-8(11(16)17)18-15-7/h1-4,10H,(H,16,17). The molecule has 0 aliphatic carbocycles. The molecule has 0 saturated carbocycles. The number of carboxylic acids is 1. The molecule has 0 bridgehead atoms. The number of halogens is 3. The summed E-state index contributed by atoms with van der Waals surface area (Å²) in [5, 5.41) is 12.0. The van der Waals surface area contributed by atoms with E-state index in [-0.39, 0.29) is 16.3 Å². The minimum atomic E-state index is -2.79. The van der Waals surface area contributed by atoms with Gasteiger partial charge in [-0.05, 0) is 6.07 Å². The molecule has 0 amide bonds. The number of carboxylic acid groups (broad SMARTS) is 1. The van der Waals surface area contributed by atoms with E-state index < -0.39 is 23.7 Å². The molecule has 0 aliphatic rings. The number of carbonyl (C=O) groups is 1. The van der Waals surface area contributed by atoms with Gasteiger partial charge in [0.25, 0.3) is 6.43 Å². The number of hydrogen-bond donors (Lipinski definition) is 1. The number of benzene rings is 1. The van der Waals surface area contributed by atoms with Gasteiger partial charge < -0.3 is 9.63 Å². The molecule has 0 aliphatic heterocycles. The summed E-state index contributed by atoms with van der Waals surface area (Å²) in [5.41, 5.74) is -0.344. The Morgan fingerprint density at radius 3 is 2.72 bits per heavy atom. The van der Waals surface area contributed by atoms with Gasteiger partial charge in [-0.2, -0.15) is 0 Å². The molecule has 1 heterocycles. The molecule has 0 radical (unpaired) electrons. The number of aromatic nitrogens is 1. The molecule has 0 spiro atoms. The first-order valence-electron chi connectivity index (χ1n) is 4.77. The lowest BCUT2D eigenvalue weighted by Crippen LogP contribution is -1.93. The number of aromatic carboxylic acids is 1. The molecule has 2 rings (SSSR count). The van der Waals surface area contributed by atoms with Gasteiger partial charge in [-0.15, -0.1) is 0 Å². The third kappa shape index (κ3) is 2.19. The zero-order valence-corrected chi connectivity index (χ0v) is 9.49. The molecule has 1 aromatic carbocycles. The van der Waals surface area contributed by atoms with E-state index in [2.05, 4.69) is 9.68 Å². The lowest BCUT2D eigenvalue weighted by Gasteiger charge is -2.07. The molecule has 0 saturated heterocycles. The fourth-order valence-corrected chi connectivity index (χ4v) is 1.74. The van der Waals surface area contributed by atoms with Gasteiger partial charge in [-0.3, -0.25) is 0 Å². The maximum absolute atomic E-state index is 12.9. The van der Waals surface area contributed by atoms with Crippen molar-refractivity contribution in [2.45, 2.75) is 6.43 Å². The summed E-state index contributed by atoms with van der Waals surface area (Å²) in [7, 11) is 0. The third-order valence-electron chi connectivity index (χ3n) is 2.27. The Bertz CT molecular complexity index is 598. The van der Waals surface area contributed by atoms with Crippen LogP contribution < -0.4 is 0 Å². The number of rotatable bonds is 3. The van der Waals surface area contributed by atoms with E-state index in [1.54, 1.807) is 0 Å². The molecule has 4 nitrogen and oxygen atoms in total. The van der Waals surface area contributed by atoms with Crippen molar-refractivity contribution in [3.05, 3.63) is 40.6 Å². The molecular weight excluding hydrogens is 268 g/mol. The molecule has 18 heavy (non-hydrogen) atoms. The van der Waals surface area contributed by atoms with Gasteiger partial charge in [0.15, 0.2) is 0 Å². The molecule has 0 atom stereocenters. The Morgan fingerprint density at radius 1 is 1.44 bits per heavy atom. The smallest absolute Gasteiger partial charge is 0.374 e. The van der Waals surface area contributed by atoms with E-state index in [4.69, 9.17) is 16.7 Å². The largest absolute Gasteiger partial charge is 0.475 e. The fourth-order valence-electron chi connectivity index (χ4n) is 1.49. The average Bonchev–Trinajstić information content (AvgIpc) is 2.77. The van der Waals surface area contributed by atoms with Gasteiger partial charge in [-0.25, -0.2) is 13.6 Å². The topological polar surface area (TPSA) is 63.3 Å². The molecule has 94 valence electrons. The van der Waals surface area contributed by atoms with Crippen molar-refractivity contribution in [1.82, 2.24) is 5.16 Å². The Hall–Kier alpha value is -1.95. The SMILES string of the molecule is O=C(O)c1cc(-c2cccc(Cl)c2C(F)F)no1. The minimum Gasteiger partial charge on any atom is -0.475 e. The highest BCUT2D eigenvalue weighted by Gasteiger charge is 2.21. The van der Waals surface area contributed by atoms with Crippen molar-refractivity contribution in [2.75, 3.05) is 0 Å². The predicted molar refractivity (Wildman–Crippen MR) is 58.9 cm³/mol. The predicted octanol–water partition coefficient (Wildman–Crippen LogP) is 3.63. The second-order valence-electron chi connectivity index (χ2n) is 3.38. The van der Waals surface area contributed by atoms with Crippen molar-refractivity contribution in [1.29, 1.82) is 0 Å². The second-order valence-corrected chi connectivity index (χ2v) is 3.79. The summed E-state index contributed by atoms with van der Waals surface area (Å²) in [5.74, 6) is -1.75. The normalized spacial score (nSPS) is 10.9. The van der Waals surface area contributed by atoms with E-state index >= 15 is 0 Å². The first-order valence-corrected chi connectivity index (χ1v) is 5.15. The van der Waals surface area contributed by atoms with Gasteiger partial charge in [0.2, 0.25) is 5.76 Å². The highest BCUT2D eigenvalue weighted by atomic mass is 35.5. The highest BCUT2D eigenvalue weighted by Crippen LogP contribution is 2.35. The van der Waals surface area contributed by atoms with Crippen molar-refractivity contribution in [3.63, 3.8) is 0 Å². The van der Waals surface area contributed by atoms with Crippen LogP contribution in [-0.2, 0) is 0 Å². The van der Waals surface area contributed by atoms with E-state index in [1.165, 1.54) is 18.2 Å². The van der Waals surface area contributed by atoms with Crippen molar-refractivity contribution < 1.29 is 23.2 Å². The molecule has 1 aromatic heterocycles. The maximum Gasteiger partial charge on any atom is 0.374 e. The quantitative estimate of drug-likeness (QED) is 0.927. The Kier molecular flexibility index (Phi) is 3.29. The summed E-state index contributed by atoms with van der Waals surface area (Å²) in [6, 6.07) is 5.24. The molecule has 0 fully saturated rings. The zero-order chi connectivity index (χ0) is 13.3. The molecule has 7 heteroatoms. The lowest BCUT2D eigenvalue weighted by atomic mass is 10.0. The lowest BCUT2D eigenvalue weighted by molar-refractivity contribution is 0.0652. The van der Waals surface area contributed by atoms with Crippen LogP contribution in [0.2, 0.25) is 5.02 Å². The van der Waals surface area contributed by atoms with E-state index in [1.807, 2.05) is 0 Å². The van der Waals surface area contributed by atoms with Gasteiger partial charge in [0.1, 0.15) is 5.69 Å². The van der Waals surface area contributed by atoms with Crippen LogP contribution in [0.25, 0.3) is 11.3 Å². The number of alkyl halides is 2. The average molecular weight is 274 g/mol. The second kappa shape index (κ2) is 4.73. The molecule has 1 N–H and O–H groups in total. The molecular formula is C11H6ClF2NO3. The van der Waals surface area contributed by atoms with Crippen LogP contribution in [0.4, 0.5) is 8.78 Å². The summed E-state index contributed by atoms with van der Waals surface area (Å²) in [6.45, 7) is 0. The van der Waals surface area contributed by atoms with Crippen molar-refractivity contribution in [3.8, 4) is 11.3 Å². The van der Waals surface area contributed by atoms with Crippen LogP contribution in [0, 0.1) is 0 Å². The summed E-state index contributed by atoms with van der Waals surface area (Å²) in [6.07, 6.45) is -2.79. The van der Waals surface area contributed by atoms with Gasteiger partial charge in [-0.1, -0.05) is 28.9 Å². The minimum absolute atomic E-state index is 0.00481. The van der Waals surface area contributed by atoms with Crippen LogP contribution in [0.3, 0.4) is 0 Å². The first kappa shape index (κ1) is 12.5. The Labute approximate surface area is 105 Å². The van der Waals surface area contributed by atoms with E-state index in [0.29, 0.717) is 0 Å². The maximum atomic E-state index is 12.9. The fraction of sp³-hybridized carbons (Fsp3) is 0.0909. The van der Waals surface area contributed by atoms with Crippen molar-refractivity contribution >= 4 is 17.6 Å². The van der Waals surface area contributed by atoms with Crippen molar-refractivity contribution in [2.24, 2.45) is 0 Å². The number of nitrogens with zero attached hydrogens (tertiary/aromatic N) is 1. The summed E-state index contributed by atoms with van der Waals surface area (Å²) >= 11 is 5.69. The van der Waals surface area contributed by atoms with Crippen LogP contribution in [0.1, 0.15) is 22.5 Å². The van der Waals surface area contributed by atoms with Gasteiger partial charge in [0.05, 0.1) is 5.02 Å². The zero-order valence-electron chi connectivity index (χ0n) is 8.73. The Morgan fingerprint density at radius 2 is 2.17 bits per heavy atom. The third-order valence-corrected chi connectivity index (χ3v) is 2.60. The van der Waals surface area contributed by atoms with Crippen LogP contribution >= 0.6 is 11.6 Å². The van der Waals surface area contributed by atoms with Crippen LogP contribution in [-0.4, -0.2) is 16.2 Å². The summed E-state index contributed by atoms with van der Waals surface area (Å²) < 4.78 is 30.3. The monoisotopic (exact) mass is 273 g/mol. The number of hydrogen-bond acceptors (Lipinski definition) is 3. The van der Waals surface area contributed by atoms with E-state index in [0.717, 1.165) is 6.07 Å². The van der Waals surface area contributed by atoms with Crippen LogP contribution in [0.5, 0.6) is 0 Å². The van der Waals surface area contributed by atoms with E-state index in [9.17, 15) is 13.6 Å². The summed E-state index contributed by atoms with van der Waals surface area (Å²) in [4.78, 5) is 10.6.